The maximum Gasteiger partial charge on any atom is 0.411 e. The molecule has 0 unspecified atom stereocenters. The van der Waals surface area contributed by atoms with Gasteiger partial charge in [0.25, 0.3) is 0 Å². The average Bonchev–Trinajstić information content (AvgIpc) is 3.40. The number of thioether (sulfide) groups is 1. The topological polar surface area (TPSA) is 76.6 Å². The molecular formula is C19H26F3N5O3S. The molecule has 2 aromatic heterocycles. The van der Waals surface area contributed by atoms with Gasteiger partial charge in [-0.1, -0.05) is 11.8 Å². The quantitative estimate of drug-likeness (QED) is 0.398. The predicted octanol–water partition coefficient (Wildman–Crippen LogP) is 2.76. The Bertz CT molecular complexity index is 820. The summed E-state index contributed by atoms with van der Waals surface area (Å²) in [4.78, 5) is 16.5. The van der Waals surface area contributed by atoms with Crippen molar-refractivity contribution >= 4 is 17.7 Å². The minimum atomic E-state index is -4.28. The summed E-state index contributed by atoms with van der Waals surface area (Å²) in [5.74, 6) is 1.56. The van der Waals surface area contributed by atoms with Crippen molar-refractivity contribution in [1.82, 2.24) is 24.6 Å². The molecule has 1 amide bonds. The molecule has 0 spiro atoms. The van der Waals surface area contributed by atoms with E-state index in [2.05, 4.69) is 19.8 Å². The number of amides is 1. The third-order valence-electron chi connectivity index (χ3n) is 4.85. The minimum Gasteiger partial charge on any atom is -0.461 e. The summed E-state index contributed by atoms with van der Waals surface area (Å²) in [5.41, 5.74) is 0. The molecule has 12 heteroatoms. The Kier molecular flexibility index (Phi) is 8.38. The number of alkyl halides is 3. The maximum atomic E-state index is 12.6. The van der Waals surface area contributed by atoms with Crippen LogP contribution < -0.4 is 0 Å². The molecule has 0 saturated carbocycles. The van der Waals surface area contributed by atoms with Gasteiger partial charge in [0.2, 0.25) is 5.91 Å². The Morgan fingerprint density at radius 3 is 2.68 bits per heavy atom. The van der Waals surface area contributed by atoms with E-state index in [1.165, 1.54) is 11.8 Å². The lowest BCUT2D eigenvalue weighted by Crippen LogP contribution is -2.49. The molecule has 3 rings (SSSR count). The first-order chi connectivity index (χ1) is 14.9. The Hall–Kier alpha value is -2.05. The smallest absolute Gasteiger partial charge is 0.411 e. The molecule has 0 aliphatic carbocycles. The fraction of sp³-hybridized carbons (Fsp3) is 0.632. The zero-order valence-corrected chi connectivity index (χ0v) is 18.1. The molecule has 3 heterocycles. The third kappa shape index (κ3) is 6.97. The summed E-state index contributed by atoms with van der Waals surface area (Å²) >= 11 is 1.35. The molecule has 0 N–H and O–H groups in total. The van der Waals surface area contributed by atoms with Gasteiger partial charge in [0.05, 0.1) is 12.0 Å². The first-order valence-corrected chi connectivity index (χ1v) is 11.1. The highest BCUT2D eigenvalue weighted by Gasteiger charge is 2.27. The minimum absolute atomic E-state index is 0.0309. The molecule has 31 heavy (non-hydrogen) atoms. The zero-order valence-electron chi connectivity index (χ0n) is 17.3. The molecule has 2 aromatic rings. The van der Waals surface area contributed by atoms with E-state index in [0.29, 0.717) is 62.4 Å². The van der Waals surface area contributed by atoms with Crippen LogP contribution in [0.2, 0.25) is 0 Å². The molecule has 8 nitrogen and oxygen atoms in total. The van der Waals surface area contributed by atoms with Crippen LogP contribution in [0.15, 0.2) is 28.0 Å². The van der Waals surface area contributed by atoms with Crippen LogP contribution in [0, 0.1) is 0 Å². The van der Waals surface area contributed by atoms with E-state index >= 15 is 0 Å². The number of rotatable bonds is 10. The Labute approximate surface area is 182 Å². The third-order valence-corrected chi connectivity index (χ3v) is 5.80. The van der Waals surface area contributed by atoms with E-state index in [1.54, 1.807) is 12.3 Å². The number of carbonyl (C=O) groups is 1. The number of hydrogen-bond donors (Lipinski definition) is 0. The van der Waals surface area contributed by atoms with Crippen LogP contribution in [-0.4, -0.2) is 88.3 Å². The highest BCUT2D eigenvalue weighted by Crippen LogP contribution is 2.24. The molecule has 172 valence electrons. The summed E-state index contributed by atoms with van der Waals surface area (Å²) in [6, 6.07) is 3.60. The Morgan fingerprint density at radius 1 is 1.26 bits per heavy atom. The molecule has 0 bridgehead atoms. The van der Waals surface area contributed by atoms with Gasteiger partial charge < -0.3 is 14.1 Å². The molecule has 0 aromatic carbocycles. The number of halogens is 3. The second kappa shape index (κ2) is 11.0. The normalized spacial score (nSPS) is 15.5. The molecule has 1 saturated heterocycles. The highest BCUT2D eigenvalue weighted by molar-refractivity contribution is 7.99. The summed E-state index contributed by atoms with van der Waals surface area (Å²) in [7, 11) is 0. The number of hydrogen-bond acceptors (Lipinski definition) is 7. The van der Waals surface area contributed by atoms with Crippen LogP contribution in [0.25, 0.3) is 11.6 Å². The van der Waals surface area contributed by atoms with Crippen molar-refractivity contribution < 1.29 is 27.1 Å². The van der Waals surface area contributed by atoms with Gasteiger partial charge >= 0.3 is 6.18 Å². The summed E-state index contributed by atoms with van der Waals surface area (Å²) in [6.07, 6.45) is -2.17. The number of furan rings is 1. The van der Waals surface area contributed by atoms with Crippen LogP contribution in [0.5, 0.6) is 0 Å². The van der Waals surface area contributed by atoms with Crippen LogP contribution >= 0.6 is 11.8 Å². The zero-order chi connectivity index (χ0) is 22.3. The number of piperazine rings is 1. The summed E-state index contributed by atoms with van der Waals surface area (Å²) < 4.78 is 48.1. The highest BCUT2D eigenvalue weighted by atomic mass is 32.2. The average molecular weight is 462 g/mol. The van der Waals surface area contributed by atoms with E-state index in [0.717, 1.165) is 0 Å². The van der Waals surface area contributed by atoms with Crippen LogP contribution in [0.3, 0.4) is 0 Å². The monoisotopic (exact) mass is 461 g/mol. The number of nitrogens with zero attached hydrogens (tertiary/aromatic N) is 5. The summed E-state index contributed by atoms with van der Waals surface area (Å²) in [5, 5.41) is 9.04. The second-order valence-electron chi connectivity index (χ2n) is 7.06. The second-order valence-corrected chi connectivity index (χ2v) is 8.00. The molecule has 0 radical (unpaired) electrons. The van der Waals surface area contributed by atoms with Gasteiger partial charge in [0.1, 0.15) is 6.61 Å². The lowest BCUT2D eigenvalue weighted by atomic mass is 10.3. The fourth-order valence-corrected chi connectivity index (χ4v) is 4.19. The molecule has 0 atom stereocenters. The Balaban J connectivity index is 1.38. The van der Waals surface area contributed by atoms with Crippen molar-refractivity contribution in [2.45, 2.75) is 31.2 Å². The van der Waals surface area contributed by atoms with Crippen LogP contribution in [0.1, 0.15) is 13.3 Å². The van der Waals surface area contributed by atoms with Crippen molar-refractivity contribution in [3.63, 3.8) is 0 Å². The van der Waals surface area contributed by atoms with Gasteiger partial charge in [-0.2, -0.15) is 13.2 Å². The fourth-order valence-electron chi connectivity index (χ4n) is 3.29. The van der Waals surface area contributed by atoms with Gasteiger partial charge in [-0.25, -0.2) is 0 Å². The van der Waals surface area contributed by atoms with Crippen molar-refractivity contribution in [2.75, 3.05) is 51.7 Å². The molecule has 1 fully saturated rings. The van der Waals surface area contributed by atoms with Crippen molar-refractivity contribution in [3.05, 3.63) is 18.4 Å². The first kappa shape index (κ1) is 23.6. The van der Waals surface area contributed by atoms with E-state index < -0.39 is 12.8 Å². The first-order valence-electron chi connectivity index (χ1n) is 10.1. The largest absolute Gasteiger partial charge is 0.461 e. The molecular weight excluding hydrogens is 435 g/mol. The van der Waals surface area contributed by atoms with Crippen molar-refractivity contribution in [2.24, 2.45) is 0 Å². The van der Waals surface area contributed by atoms with Gasteiger partial charge in [-0.3, -0.25) is 14.3 Å². The number of aromatic nitrogens is 3. The number of carbonyl (C=O) groups excluding carboxylic acids is 1. The van der Waals surface area contributed by atoms with Gasteiger partial charge in [-0.05, 0) is 25.5 Å². The van der Waals surface area contributed by atoms with Crippen molar-refractivity contribution in [3.8, 4) is 11.6 Å². The predicted molar refractivity (Wildman–Crippen MR) is 109 cm³/mol. The maximum absolute atomic E-state index is 12.6. The molecule has 1 aliphatic rings. The van der Waals surface area contributed by atoms with Crippen LogP contribution in [-0.2, 0) is 16.1 Å². The van der Waals surface area contributed by atoms with E-state index in [-0.39, 0.29) is 18.3 Å². The van der Waals surface area contributed by atoms with Gasteiger partial charge in [0.15, 0.2) is 16.7 Å². The van der Waals surface area contributed by atoms with E-state index in [4.69, 9.17) is 4.42 Å². The lowest BCUT2D eigenvalue weighted by Gasteiger charge is -2.34. The summed E-state index contributed by atoms with van der Waals surface area (Å²) in [6.45, 7) is 4.76. The lowest BCUT2D eigenvalue weighted by molar-refractivity contribution is -0.174. The molecule has 1 aliphatic heterocycles. The standard InChI is InChI=1S/C19H26F3N5O3S/c1-2-27-17(15-5-3-12-30-15)23-24-18(27)31-13-16(28)26-9-7-25(8-10-26)6-4-11-29-14-19(20,21)22/h3,5,12H,2,4,6-11,13-14H2,1H3. The van der Waals surface area contributed by atoms with Crippen LogP contribution in [0.4, 0.5) is 13.2 Å². The van der Waals surface area contributed by atoms with Crippen molar-refractivity contribution in [1.29, 1.82) is 0 Å². The SMILES string of the molecule is CCn1c(SCC(=O)N2CCN(CCCOCC(F)(F)F)CC2)nnc1-c1ccco1. The Morgan fingerprint density at radius 2 is 2.03 bits per heavy atom. The van der Waals surface area contributed by atoms with Gasteiger partial charge in [-0.15, -0.1) is 10.2 Å². The van der Waals surface area contributed by atoms with Gasteiger partial charge in [0, 0.05) is 45.9 Å². The number of ether oxygens (including phenoxy) is 1. The van der Waals surface area contributed by atoms with E-state index in [9.17, 15) is 18.0 Å². The van der Waals surface area contributed by atoms with E-state index in [1.807, 2.05) is 22.5 Å².